The molecule has 0 fully saturated rings. The number of halogens is 1. The number of aliphatic imine (C=N–C) groups is 1. The van der Waals surface area contributed by atoms with Crippen molar-refractivity contribution in [2.24, 2.45) is 10.7 Å². The number of methoxy groups -OCH3 is 1. The van der Waals surface area contributed by atoms with Gasteiger partial charge in [0, 0.05) is 29.2 Å². The minimum atomic E-state index is -0.0760. The van der Waals surface area contributed by atoms with E-state index in [-0.39, 0.29) is 6.04 Å². The lowest BCUT2D eigenvalue weighted by molar-refractivity contribution is 0.415. The molecule has 26 heavy (non-hydrogen) atoms. The summed E-state index contributed by atoms with van der Waals surface area (Å²) in [5, 5.41) is 8.10. The zero-order valence-corrected chi connectivity index (χ0v) is 15.1. The van der Waals surface area contributed by atoms with Gasteiger partial charge in [-0.25, -0.2) is 0 Å². The molecule has 3 N–H and O–H groups in total. The molecule has 0 bridgehead atoms. The van der Waals surface area contributed by atoms with Gasteiger partial charge in [0.1, 0.15) is 5.75 Å². The number of nitrogens with zero attached hydrogens (tertiary/aromatic N) is 3. The van der Waals surface area contributed by atoms with Crippen LogP contribution in [0.1, 0.15) is 11.6 Å². The van der Waals surface area contributed by atoms with Gasteiger partial charge in [0.2, 0.25) is 0 Å². The van der Waals surface area contributed by atoms with Crippen LogP contribution in [0.5, 0.6) is 5.75 Å². The van der Waals surface area contributed by atoms with Gasteiger partial charge in [-0.2, -0.15) is 5.10 Å². The molecule has 7 heteroatoms. The van der Waals surface area contributed by atoms with Crippen molar-refractivity contribution in [1.29, 1.82) is 0 Å². The molecule has 0 aliphatic rings. The number of nitrogens with two attached hydrogens (primary N) is 1. The molecule has 0 amide bonds. The molecule has 0 spiro atoms. The highest BCUT2D eigenvalue weighted by molar-refractivity contribution is 6.30. The van der Waals surface area contributed by atoms with E-state index in [1.165, 1.54) is 0 Å². The first-order valence-corrected chi connectivity index (χ1v) is 8.49. The minimum absolute atomic E-state index is 0.0760. The van der Waals surface area contributed by atoms with E-state index >= 15 is 0 Å². The third kappa shape index (κ3) is 4.55. The van der Waals surface area contributed by atoms with Crippen molar-refractivity contribution < 1.29 is 4.74 Å². The second kappa shape index (κ2) is 8.40. The van der Waals surface area contributed by atoms with Gasteiger partial charge in [-0.1, -0.05) is 29.8 Å². The Morgan fingerprint density at radius 1 is 1.27 bits per heavy atom. The summed E-state index contributed by atoms with van der Waals surface area (Å²) >= 11 is 5.99. The predicted octanol–water partition coefficient (Wildman–Crippen LogP) is 3.56. The average Bonchev–Trinajstić information content (AvgIpc) is 3.18. The van der Waals surface area contributed by atoms with Crippen LogP contribution in [0.15, 0.2) is 72.0 Å². The van der Waals surface area contributed by atoms with Crippen molar-refractivity contribution in [2.45, 2.75) is 6.04 Å². The number of nitrogens with one attached hydrogen (secondary N) is 1. The highest BCUT2D eigenvalue weighted by Gasteiger charge is 2.14. The molecule has 1 heterocycles. The maximum atomic E-state index is 6.05. The summed E-state index contributed by atoms with van der Waals surface area (Å²) in [6, 6.07) is 17.0. The quantitative estimate of drug-likeness (QED) is 0.514. The molecule has 1 aromatic heterocycles. The highest BCUT2D eigenvalue weighted by Crippen LogP contribution is 2.21. The van der Waals surface area contributed by atoms with Crippen molar-refractivity contribution in [3.05, 3.63) is 77.6 Å². The molecule has 0 saturated heterocycles. The van der Waals surface area contributed by atoms with Gasteiger partial charge in [-0.3, -0.25) is 9.67 Å². The van der Waals surface area contributed by atoms with E-state index in [9.17, 15) is 0 Å². The Hall–Kier alpha value is -2.99. The molecule has 2 aromatic carbocycles. The van der Waals surface area contributed by atoms with E-state index in [1.807, 2.05) is 65.5 Å². The second-order valence-corrected chi connectivity index (χ2v) is 6.07. The number of ether oxygens (including phenoxy) is 1. The Bertz CT molecular complexity index is 862. The zero-order valence-electron chi connectivity index (χ0n) is 14.3. The van der Waals surface area contributed by atoms with Crippen LogP contribution in [-0.4, -0.2) is 29.4 Å². The molecule has 0 saturated carbocycles. The van der Waals surface area contributed by atoms with Gasteiger partial charge >= 0.3 is 0 Å². The first kappa shape index (κ1) is 17.8. The molecule has 134 valence electrons. The number of benzene rings is 2. The third-order valence-corrected chi connectivity index (χ3v) is 4.13. The maximum absolute atomic E-state index is 6.05. The van der Waals surface area contributed by atoms with Crippen LogP contribution < -0.4 is 15.8 Å². The predicted molar refractivity (Wildman–Crippen MR) is 105 cm³/mol. The molecule has 0 aliphatic carbocycles. The topological polar surface area (TPSA) is 77.5 Å². The monoisotopic (exact) mass is 369 g/mol. The zero-order chi connectivity index (χ0) is 18.4. The first-order chi connectivity index (χ1) is 12.7. The Kier molecular flexibility index (Phi) is 5.76. The largest absolute Gasteiger partial charge is 0.497 e. The van der Waals surface area contributed by atoms with Crippen LogP contribution in [0, 0.1) is 0 Å². The van der Waals surface area contributed by atoms with Gasteiger partial charge < -0.3 is 15.8 Å². The van der Waals surface area contributed by atoms with E-state index in [1.54, 1.807) is 13.3 Å². The van der Waals surface area contributed by atoms with Crippen molar-refractivity contribution in [3.8, 4) is 5.75 Å². The number of anilines is 1. The van der Waals surface area contributed by atoms with Crippen LogP contribution in [0.3, 0.4) is 0 Å². The van der Waals surface area contributed by atoms with E-state index < -0.39 is 0 Å². The standard InChI is InChI=1S/C19H20ClN5O/c1-26-17-5-2-4-16(12-17)24-19(21)22-13-18(25-11-3-10-23-25)14-6-8-15(20)9-7-14/h2-12,18H,13H2,1H3,(H3,21,22,24). The van der Waals surface area contributed by atoms with Crippen molar-refractivity contribution in [3.63, 3.8) is 0 Å². The van der Waals surface area contributed by atoms with Gasteiger partial charge in [0.05, 0.1) is 19.7 Å². The van der Waals surface area contributed by atoms with Crippen molar-refractivity contribution in [1.82, 2.24) is 9.78 Å². The van der Waals surface area contributed by atoms with Gasteiger partial charge in [-0.05, 0) is 35.9 Å². The summed E-state index contributed by atoms with van der Waals surface area (Å²) in [7, 11) is 1.62. The van der Waals surface area contributed by atoms with Crippen molar-refractivity contribution >= 4 is 23.2 Å². The fourth-order valence-electron chi connectivity index (χ4n) is 2.56. The minimum Gasteiger partial charge on any atom is -0.497 e. The fourth-order valence-corrected chi connectivity index (χ4v) is 2.69. The van der Waals surface area contributed by atoms with E-state index in [0.717, 1.165) is 17.0 Å². The lowest BCUT2D eigenvalue weighted by atomic mass is 10.1. The Labute approximate surface area is 157 Å². The molecule has 3 aromatic rings. The molecular formula is C19H20ClN5O. The van der Waals surface area contributed by atoms with Crippen LogP contribution in [0.4, 0.5) is 5.69 Å². The fraction of sp³-hybridized carbons (Fsp3) is 0.158. The molecule has 0 aliphatic heterocycles. The summed E-state index contributed by atoms with van der Waals surface area (Å²) in [6.45, 7) is 0.437. The first-order valence-electron chi connectivity index (χ1n) is 8.11. The maximum Gasteiger partial charge on any atom is 0.193 e. The number of aromatic nitrogens is 2. The van der Waals surface area contributed by atoms with Crippen molar-refractivity contribution in [2.75, 3.05) is 19.0 Å². The molecule has 3 rings (SSSR count). The molecule has 6 nitrogen and oxygen atoms in total. The van der Waals surface area contributed by atoms with Gasteiger partial charge in [0.25, 0.3) is 0 Å². The lowest BCUT2D eigenvalue weighted by Gasteiger charge is -2.17. The van der Waals surface area contributed by atoms with Crippen LogP contribution >= 0.6 is 11.6 Å². The molecule has 0 radical (unpaired) electrons. The summed E-state index contributed by atoms with van der Waals surface area (Å²) < 4.78 is 7.06. The normalized spacial score (nSPS) is 12.6. The van der Waals surface area contributed by atoms with Crippen LogP contribution in [0.2, 0.25) is 5.02 Å². The Balaban J connectivity index is 1.76. The highest BCUT2D eigenvalue weighted by atomic mass is 35.5. The summed E-state index contributed by atoms with van der Waals surface area (Å²) in [4.78, 5) is 4.48. The number of hydrogen-bond donors (Lipinski definition) is 2. The number of hydrogen-bond acceptors (Lipinski definition) is 3. The Morgan fingerprint density at radius 2 is 2.08 bits per heavy atom. The summed E-state index contributed by atoms with van der Waals surface area (Å²) in [5.74, 6) is 1.07. The number of rotatable bonds is 6. The third-order valence-electron chi connectivity index (χ3n) is 3.88. The van der Waals surface area contributed by atoms with Crippen LogP contribution in [0.25, 0.3) is 0 Å². The Morgan fingerprint density at radius 3 is 2.77 bits per heavy atom. The second-order valence-electron chi connectivity index (χ2n) is 5.64. The summed E-state index contributed by atoms with van der Waals surface area (Å²) in [6.07, 6.45) is 3.64. The smallest absolute Gasteiger partial charge is 0.193 e. The van der Waals surface area contributed by atoms with Gasteiger partial charge in [-0.15, -0.1) is 0 Å². The van der Waals surface area contributed by atoms with E-state index in [0.29, 0.717) is 17.5 Å². The molecular weight excluding hydrogens is 350 g/mol. The average molecular weight is 370 g/mol. The number of guanidine groups is 1. The van der Waals surface area contributed by atoms with E-state index in [2.05, 4.69) is 15.4 Å². The van der Waals surface area contributed by atoms with Gasteiger partial charge in [0.15, 0.2) is 5.96 Å². The molecule has 1 atom stereocenters. The molecule has 1 unspecified atom stereocenters. The summed E-state index contributed by atoms with van der Waals surface area (Å²) in [5.41, 5.74) is 7.91. The van der Waals surface area contributed by atoms with E-state index in [4.69, 9.17) is 22.1 Å². The van der Waals surface area contributed by atoms with Crippen LogP contribution in [-0.2, 0) is 0 Å². The SMILES string of the molecule is COc1cccc(NC(N)=NCC(c2ccc(Cl)cc2)n2cccn2)c1. The lowest BCUT2D eigenvalue weighted by Crippen LogP contribution is -2.25.